The third kappa shape index (κ3) is 4.88. The van der Waals surface area contributed by atoms with Crippen LogP contribution in [-0.4, -0.2) is 27.8 Å². The summed E-state index contributed by atoms with van der Waals surface area (Å²) >= 11 is 0. The van der Waals surface area contributed by atoms with Gasteiger partial charge in [-0.05, 0) is 19.9 Å². The minimum Gasteiger partial charge on any atom is -0.314 e. The van der Waals surface area contributed by atoms with E-state index in [1.807, 2.05) is 6.92 Å². The summed E-state index contributed by atoms with van der Waals surface area (Å²) in [6, 6.07) is 0.487. The lowest BCUT2D eigenvalue weighted by atomic mass is 10.2. The van der Waals surface area contributed by atoms with Gasteiger partial charge in [-0.25, -0.2) is 0 Å². The molecule has 3 atom stereocenters. The number of hydrogen-bond acceptors (Lipinski definition) is 2. The first-order chi connectivity index (χ1) is 5.61. The van der Waals surface area contributed by atoms with Crippen LogP contribution in [0.25, 0.3) is 0 Å². The lowest BCUT2D eigenvalue weighted by molar-refractivity contribution is 0.524. The molecule has 0 saturated carbocycles. The van der Waals surface area contributed by atoms with E-state index >= 15 is 0 Å². The van der Waals surface area contributed by atoms with Gasteiger partial charge >= 0.3 is 0 Å². The van der Waals surface area contributed by atoms with Crippen molar-refractivity contribution in [3.8, 4) is 0 Å². The zero-order chi connectivity index (χ0) is 9.56. The molecule has 0 amide bonds. The third-order valence-corrected chi connectivity index (χ3v) is 3.63. The molecule has 2 nitrogen and oxygen atoms in total. The van der Waals surface area contributed by atoms with Gasteiger partial charge < -0.3 is 5.32 Å². The summed E-state index contributed by atoms with van der Waals surface area (Å²) in [4.78, 5) is 0. The first-order valence-corrected chi connectivity index (χ1v) is 6.10. The van der Waals surface area contributed by atoms with Gasteiger partial charge in [0.15, 0.2) is 0 Å². The largest absolute Gasteiger partial charge is 0.314 e. The fourth-order valence-electron chi connectivity index (χ4n) is 1.32. The van der Waals surface area contributed by atoms with E-state index in [1.165, 1.54) is 0 Å². The number of rotatable bonds is 6. The van der Waals surface area contributed by atoms with Crippen molar-refractivity contribution in [3.05, 3.63) is 0 Å². The highest BCUT2D eigenvalue weighted by Crippen LogP contribution is 2.04. The Labute approximate surface area is 78.6 Å². The van der Waals surface area contributed by atoms with Gasteiger partial charge in [-0.3, -0.25) is 4.21 Å². The Balaban J connectivity index is 3.67. The Bertz CT molecular complexity index is 138. The summed E-state index contributed by atoms with van der Waals surface area (Å²) in [6.45, 7) is 9.27. The average molecular weight is 191 g/mol. The summed E-state index contributed by atoms with van der Waals surface area (Å²) in [6.07, 6.45) is 1.01. The fraction of sp³-hybridized carbons (Fsp3) is 1.00. The summed E-state index contributed by atoms with van der Waals surface area (Å²) in [5, 5.41) is 3.64. The molecule has 0 aliphatic heterocycles. The zero-order valence-electron chi connectivity index (χ0n) is 8.59. The second-order valence-corrected chi connectivity index (χ2v) is 5.32. The normalized spacial score (nSPS) is 18.7. The molecule has 74 valence electrons. The van der Waals surface area contributed by atoms with Gasteiger partial charge in [-0.15, -0.1) is 0 Å². The van der Waals surface area contributed by atoms with E-state index in [0.717, 1.165) is 18.7 Å². The van der Waals surface area contributed by atoms with Crippen LogP contribution in [-0.2, 0) is 10.8 Å². The smallest absolute Gasteiger partial charge is 0.0334 e. The Kier molecular flexibility index (Phi) is 6.67. The lowest BCUT2D eigenvalue weighted by Crippen LogP contribution is -2.30. The van der Waals surface area contributed by atoms with Gasteiger partial charge in [0.05, 0.1) is 0 Å². The first kappa shape index (κ1) is 12.1. The van der Waals surface area contributed by atoms with E-state index in [-0.39, 0.29) is 0 Å². The van der Waals surface area contributed by atoms with E-state index in [1.54, 1.807) is 0 Å². The maximum atomic E-state index is 11.3. The van der Waals surface area contributed by atoms with Crippen LogP contribution in [0.3, 0.4) is 0 Å². The molecule has 0 heterocycles. The van der Waals surface area contributed by atoms with Crippen molar-refractivity contribution in [2.75, 3.05) is 12.3 Å². The Morgan fingerprint density at radius 1 is 1.33 bits per heavy atom. The predicted octanol–water partition coefficient (Wildman–Crippen LogP) is 1.53. The lowest BCUT2D eigenvalue weighted by Gasteiger charge is -2.16. The molecular weight excluding hydrogens is 170 g/mol. The molecule has 0 aliphatic rings. The molecule has 0 radical (unpaired) electrons. The quantitative estimate of drug-likeness (QED) is 0.690. The Morgan fingerprint density at radius 3 is 2.33 bits per heavy atom. The second-order valence-electron chi connectivity index (χ2n) is 3.17. The summed E-state index contributed by atoms with van der Waals surface area (Å²) in [5.74, 6) is 0.778. The second kappa shape index (κ2) is 6.61. The number of hydrogen-bond donors (Lipinski definition) is 1. The van der Waals surface area contributed by atoms with Crippen molar-refractivity contribution in [1.29, 1.82) is 0 Å². The maximum absolute atomic E-state index is 11.3. The minimum absolute atomic E-state index is 0.323. The van der Waals surface area contributed by atoms with Gasteiger partial charge in [0, 0.05) is 27.8 Å². The zero-order valence-corrected chi connectivity index (χ0v) is 9.41. The molecule has 0 aliphatic carbocycles. The Morgan fingerprint density at radius 2 is 1.92 bits per heavy atom. The maximum Gasteiger partial charge on any atom is 0.0334 e. The van der Waals surface area contributed by atoms with E-state index in [4.69, 9.17) is 0 Å². The van der Waals surface area contributed by atoms with Gasteiger partial charge in [-0.1, -0.05) is 20.8 Å². The average Bonchev–Trinajstić information content (AvgIpc) is 2.03. The molecular formula is C9H21NOS. The van der Waals surface area contributed by atoms with Crippen LogP contribution in [0.15, 0.2) is 0 Å². The number of nitrogens with one attached hydrogen (secondary N) is 1. The summed E-state index contributed by atoms with van der Waals surface area (Å²) in [7, 11) is -0.636. The molecule has 0 fully saturated rings. The molecule has 1 N–H and O–H groups in total. The molecule has 12 heavy (non-hydrogen) atoms. The predicted molar refractivity (Wildman–Crippen MR) is 55.9 cm³/mol. The molecule has 3 heteroatoms. The van der Waals surface area contributed by atoms with Crippen molar-refractivity contribution in [1.82, 2.24) is 5.32 Å². The van der Waals surface area contributed by atoms with Crippen molar-refractivity contribution in [2.45, 2.75) is 45.4 Å². The third-order valence-electron chi connectivity index (χ3n) is 1.97. The van der Waals surface area contributed by atoms with E-state index in [9.17, 15) is 4.21 Å². The van der Waals surface area contributed by atoms with Crippen LogP contribution in [0.5, 0.6) is 0 Å². The first-order valence-electron chi connectivity index (χ1n) is 4.72. The molecule has 0 aromatic carbocycles. The molecule has 0 aromatic heterocycles. The van der Waals surface area contributed by atoms with Crippen molar-refractivity contribution >= 4 is 10.8 Å². The highest BCUT2D eigenvalue weighted by Gasteiger charge is 2.12. The Hall–Kier alpha value is 0.110. The van der Waals surface area contributed by atoms with E-state index < -0.39 is 10.8 Å². The van der Waals surface area contributed by atoms with Crippen LogP contribution in [0, 0.1) is 0 Å². The molecule has 0 bridgehead atoms. The van der Waals surface area contributed by atoms with Crippen LogP contribution in [0.1, 0.15) is 34.1 Å². The van der Waals surface area contributed by atoms with Crippen molar-refractivity contribution < 1.29 is 4.21 Å². The van der Waals surface area contributed by atoms with Crippen LogP contribution in [0.2, 0.25) is 0 Å². The van der Waals surface area contributed by atoms with Gasteiger partial charge in [0.25, 0.3) is 0 Å². The van der Waals surface area contributed by atoms with Crippen LogP contribution in [0.4, 0.5) is 0 Å². The highest BCUT2D eigenvalue weighted by atomic mass is 32.2. The summed E-state index contributed by atoms with van der Waals surface area (Å²) < 4.78 is 11.3. The minimum atomic E-state index is -0.636. The molecule has 0 aromatic rings. The van der Waals surface area contributed by atoms with Gasteiger partial charge in [-0.2, -0.15) is 0 Å². The molecule has 0 rings (SSSR count). The molecule has 0 spiro atoms. The van der Waals surface area contributed by atoms with E-state index in [2.05, 4.69) is 26.1 Å². The monoisotopic (exact) mass is 191 g/mol. The van der Waals surface area contributed by atoms with Crippen molar-refractivity contribution in [2.24, 2.45) is 0 Å². The topological polar surface area (TPSA) is 29.1 Å². The fourth-order valence-corrected chi connectivity index (χ4v) is 2.39. The van der Waals surface area contributed by atoms with Gasteiger partial charge in [0.1, 0.15) is 0 Å². The van der Waals surface area contributed by atoms with Gasteiger partial charge in [0.2, 0.25) is 0 Å². The van der Waals surface area contributed by atoms with Crippen LogP contribution < -0.4 is 5.32 Å². The van der Waals surface area contributed by atoms with E-state index in [0.29, 0.717) is 11.3 Å². The highest BCUT2D eigenvalue weighted by molar-refractivity contribution is 7.85. The SMILES string of the molecule is CCNC(C)CC(C)S(=O)CC. The van der Waals surface area contributed by atoms with Crippen LogP contribution >= 0.6 is 0 Å². The molecule has 3 unspecified atom stereocenters. The molecule has 0 saturated heterocycles. The van der Waals surface area contributed by atoms with Crippen molar-refractivity contribution in [3.63, 3.8) is 0 Å². The standard InChI is InChI=1S/C9H21NOS/c1-5-10-8(3)7-9(4)12(11)6-2/h8-10H,5-7H2,1-4H3. The summed E-state index contributed by atoms with van der Waals surface area (Å²) in [5.41, 5.74) is 0.